The number of amides is 5. The third-order valence-corrected chi connectivity index (χ3v) is 9.33. The maximum atomic E-state index is 12.5. The van der Waals surface area contributed by atoms with E-state index < -0.39 is 47.7 Å². The van der Waals surface area contributed by atoms with Gasteiger partial charge in [0.1, 0.15) is 6.04 Å². The van der Waals surface area contributed by atoms with Crippen LogP contribution in [-0.2, 0) is 38.4 Å². The van der Waals surface area contributed by atoms with Crippen molar-refractivity contribution in [2.24, 2.45) is 17.8 Å². The molecule has 0 aliphatic carbocycles. The number of aliphatic carboxylic acids is 3. The second kappa shape index (κ2) is 26.1. The van der Waals surface area contributed by atoms with Crippen LogP contribution in [0.1, 0.15) is 113 Å². The van der Waals surface area contributed by atoms with Gasteiger partial charge in [0.05, 0.1) is 11.8 Å². The minimum atomic E-state index is -0.981. The average molecular weight is 780 g/mol. The second-order valence-corrected chi connectivity index (χ2v) is 14.6. The van der Waals surface area contributed by atoms with Crippen LogP contribution in [0.3, 0.4) is 0 Å². The summed E-state index contributed by atoms with van der Waals surface area (Å²) in [6.07, 6.45) is 6.65. The first kappa shape index (κ1) is 50.2. The van der Waals surface area contributed by atoms with E-state index in [4.69, 9.17) is 5.11 Å². The molecule has 0 spiro atoms. The van der Waals surface area contributed by atoms with Gasteiger partial charge in [-0.3, -0.25) is 33.6 Å². The number of likely N-dealkylation sites (tertiary alicyclic amines) is 2. The summed E-state index contributed by atoms with van der Waals surface area (Å²) >= 11 is 0. The Morgan fingerprint density at radius 2 is 1.05 bits per heavy atom. The van der Waals surface area contributed by atoms with Crippen LogP contribution < -0.4 is 16.0 Å². The van der Waals surface area contributed by atoms with Gasteiger partial charge >= 0.3 is 17.9 Å². The molecule has 2 aliphatic heterocycles. The predicted molar refractivity (Wildman–Crippen MR) is 206 cm³/mol. The fourth-order valence-corrected chi connectivity index (χ4v) is 6.41. The van der Waals surface area contributed by atoms with Gasteiger partial charge in [-0.15, -0.1) is 0 Å². The fraction of sp³-hybridized carbons (Fsp3) is 0.692. The number of carbonyl (C=O) groups is 8. The average Bonchev–Trinajstić information content (AvgIpc) is 3.74. The Labute approximate surface area is 325 Å². The lowest BCUT2D eigenvalue weighted by molar-refractivity contribution is -0.144. The summed E-state index contributed by atoms with van der Waals surface area (Å²) in [6.45, 7) is 20.5. The molecule has 16 nitrogen and oxygen atoms in total. The van der Waals surface area contributed by atoms with Gasteiger partial charge in [-0.2, -0.15) is 0 Å². The predicted octanol–water partition coefficient (Wildman–Crippen LogP) is 3.35. The largest absolute Gasteiger partial charge is 0.481 e. The van der Waals surface area contributed by atoms with E-state index in [1.54, 1.807) is 16.7 Å². The molecule has 6 atom stereocenters. The van der Waals surface area contributed by atoms with E-state index >= 15 is 0 Å². The number of rotatable bonds is 21. The monoisotopic (exact) mass is 779 g/mol. The maximum absolute atomic E-state index is 12.5. The highest BCUT2D eigenvalue weighted by atomic mass is 16.4. The lowest BCUT2D eigenvalue weighted by atomic mass is 9.90. The molecule has 0 saturated carbocycles. The Balaban J connectivity index is 0.000000952. The van der Waals surface area contributed by atoms with Crippen LogP contribution in [0.5, 0.6) is 0 Å². The minimum Gasteiger partial charge on any atom is -0.481 e. The zero-order valence-electron chi connectivity index (χ0n) is 33.7. The molecule has 0 aromatic carbocycles. The van der Waals surface area contributed by atoms with Crippen LogP contribution in [0.15, 0.2) is 25.3 Å². The summed E-state index contributed by atoms with van der Waals surface area (Å²) in [5.74, 6) is -4.94. The number of hydrogen-bond donors (Lipinski definition) is 6. The summed E-state index contributed by atoms with van der Waals surface area (Å²) in [7, 11) is 0. The molecule has 5 amide bonds. The third kappa shape index (κ3) is 19.4. The Kier molecular flexibility index (Phi) is 23.9. The lowest BCUT2D eigenvalue weighted by Crippen LogP contribution is -2.52. The molecule has 0 radical (unpaired) electrons. The van der Waals surface area contributed by atoms with Crippen molar-refractivity contribution in [3.05, 3.63) is 25.3 Å². The first-order valence-electron chi connectivity index (χ1n) is 19.2. The zero-order chi connectivity index (χ0) is 42.4. The van der Waals surface area contributed by atoms with Crippen molar-refractivity contribution in [1.82, 2.24) is 25.8 Å². The molecule has 2 rings (SSSR count). The molecule has 55 heavy (non-hydrogen) atoms. The summed E-state index contributed by atoms with van der Waals surface area (Å²) in [5, 5.41) is 34.6. The van der Waals surface area contributed by atoms with Crippen molar-refractivity contribution in [1.29, 1.82) is 0 Å². The van der Waals surface area contributed by atoms with E-state index in [0.29, 0.717) is 58.0 Å². The molecule has 0 aromatic rings. The molecule has 2 fully saturated rings. The maximum Gasteiger partial charge on any atom is 0.327 e. The number of hydrogen-bond acceptors (Lipinski definition) is 8. The molecule has 2 aliphatic rings. The van der Waals surface area contributed by atoms with Crippen LogP contribution in [0.2, 0.25) is 0 Å². The Bertz CT molecular complexity index is 1330. The molecule has 6 N–H and O–H groups in total. The van der Waals surface area contributed by atoms with Crippen LogP contribution in [-0.4, -0.2) is 116 Å². The minimum absolute atomic E-state index is 0.0416. The third-order valence-electron chi connectivity index (χ3n) is 9.33. The summed E-state index contributed by atoms with van der Waals surface area (Å²) in [5.41, 5.74) is 0. The van der Waals surface area contributed by atoms with Gasteiger partial charge in [0.25, 0.3) is 0 Å². The van der Waals surface area contributed by atoms with Crippen molar-refractivity contribution in [3.8, 4) is 0 Å². The Morgan fingerprint density at radius 1 is 0.655 bits per heavy atom. The highest BCUT2D eigenvalue weighted by molar-refractivity contribution is 5.92. The van der Waals surface area contributed by atoms with Crippen LogP contribution >= 0.6 is 0 Å². The van der Waals surface area contributed by atoms with Crippen molar-refractivity contribution in [2.75, 3.05) is 13.1 Å². The molecular weight excluding hydrogens is 714 g/mol. The van der Waals surface area contributed by atoms with Crippen LogP contribution in [0.4, 0.5) is 0 Å². The van der Waals surface area contributed by atoms with Crippen LogP contribution in [0, 0.1) is 17.8 Å². The van der Waals surface area contributed by atoms with Gasteiger partial charge in [0.2, 0.25) is 29.5 Å². The highest BCUT2D eigenvalue weighted by Crippen LogP contribution is 2.27. The van der Waals surface area contributed by atoms with Gasteiger partial charge in [-0.1, -0.05) is 33.9 Å². The second-order valence-electron chi connectivity index (χ2n) is 14.6. The Morgan fingerprint density at radius 3 is 1.36 bits per heavy atom. The van der Waals surface area contributed by atoms with Gasteiger partial charge in [0.15, 0.2) is 0 Å². The topological polar surface area (TPSA) is 240 Å². The normalized spacial score (nSPS) is 17.0. The SMILES string of the molecule is C=CC(=O)NC(CC(CC(CC)C(=O)O)N1CCCC1=O)C(=O)NC(C)C.C=CC(=O)O.CCC(CC(CC(C)C(=O)NC(C)C)N1CCCC1=O)C(=O)O. The van der Waals surface area contributed by atoms with E-state index in [1.165, 1.54) is 0 Å². The van der Waals surface area contributed by atoms with Crippen molar-refractivity contribution >= 4 is 47.4 Å². The number of carboxylic acids is 3. The van der Waals surface area contributed by atoms with Crippen molar-refractivity contribution in [3.63, 3.8) is 0 Å². The lowest BCUT2D eigenvalue weighted by Gasteiger charge is -2.32. The van der Waals surface area contributed by atoms with E-state index in [0.717, 1.165) is 18.6 Å². The summed E-state index contributed by atoms with van der Waals surface area (Å²) in [4.78, 5) is 96.3. The van der Waals surface area contributed by atoms with E-state index in [1.807, 2.05) is 41.5 Å². The highest BCUT2D eigenvalue weighted by Gasteiger charge is 2.36. The molecule has 0 bridgehead atoms. The molecule has 2 heterocycles. The van der Waals surface area contributed by atoms with Crippen molar-refractivity contribution in [2.45, 2.75) is 143 Å². The van der Waals surface area contributed by atoms with E-state index in [-0.39, 0.29) is 60.5 Å². The smallest absolute Gasteiger partial charge is 0.327 e. The van der Waals surface area contributed by atoms with Crippen LogP contribution in [0.25, 0.3) is 0 Å². The molecule has 6 unspecified atom stereocenters. The first-order valence-corrected chi connectivity index (χ1v) is 19.2. The number of carboxylic acid groups (broad SMARTS) is 3. The quantitative estimate of drug-likeness (QED) is 0.0924. The number of carbonyl (C=O) groups excluding carboxylic acids is 5. The molecule has 0 aromatic heterocycles. The van der Waals surface area contributed by atoms with E-state index in [9.17, 15) is 48.6 Å². The fourth-order valence-electron chi connectivity index (χ4n) is 6.41. The molecule has 16 heteroatoms. The molecule has 312 valence electrons. The van der Waals surface area contributed by atoms with Crippen molar-refractivity contribution < 1.29 is 53.7 Å². The van der Waals surface area contributed by atoms with Gasteiger partial charge < -0.3 is 41.1 Å². The molecule has 2 saturated heterocycles. The zero-order valence-corrected chi connectivity index (χ0v) is 33.7. The summed E-state index contributed by atoms with van der Waals surface area (Å²) in [6, 6.07) is -1.54. The first-order chi connectivity index (χ1) is 25.7. The number of nitrogens with zero attached hydrogens (tertiary/aromatic N) is 2. The Hall–Kier alpha value is -4.76. The van der Waals surface area contributed by atoms with E-state index in [2.05, 4.69) is 29.1 Å². The van der Waals surface area contributed by atoms with Gasteiger partial charge in [0, 0.05) is 62.1 Å². The van der Waals surface area contributed by atoms with Gasteiger partial charge in [-0.25, -0.2) is 4.79 Å². The van der Waals surface area contributed by atoms with Gasteiger partial charge in [-0.05, 0) is 85.1 Å². The molecular formula is C39H65N5O11. The standard InChI is InChI=1S/C19H31N3O5.C17H30N2O4.C3H4O2/c1-5-13(19(26)27)10-14(22-9-7-8-17(22)24)11-15(21-16(23)6-2)18(25)20-12(3)4;1-5-13(17(22)23)10-14(19-8-6-7-15(19)20)9-12(4)16(21)18-11(2)3;1-2-3(4)5/h6,12-15H,2,5,7-11H2,1,3-4H3,(H,20,25)(H,21,23)(H,26,27);11-14H,5-10H2,1-4H3,(H,18,21)(H,22,23);2H,1H2,(H,4,5). The number of nitrogens with one attached hydrogen (secondary N) is 3. The summed E-state index contributed by atoms with van der Waals surface area (Å²) < 4.78 is 0.